The van der Waals surface area contributed by atoms with E-state index in [1.165, 1.54) is 18.4 Å². The number of aromatic nitrogens is 2. The van der Waals surface area contributed by atoms with Gasteiger partial charge in [-0.2, -0.15) is 5.10 Å². The first kappa shape index (κ1) is 17.3. The third-order valence-corrected chi connectivity index (χ3v) is 6.07. The summed E-state index contributed by atoms with van der Waals surface area (Å²) in [5.74, 6) is 0.727. The van der Waals surface area contributed by atoms with Gasteiger partial charge in [-0.3, -0.25) is 14.4 Å². The number of amides is 1. The molecule has 5 rings (SSSR count). The van der Waals surface area contributed by atoms with Crippen LogP contribution in [0.3, 0.4) is 0 Å². The van der Waals surface area contributed by atoms with Crippen molar-refractivity contribution in [3.63, 3.8) is 0 Å². The zero-order valence-electron chi connectivity index (χ0n) is 16.0. The molecule has 5 heteroatoms. The van der Waals surface area contributed by atoms with E-state index in [1.54, 1.807) is 0 Å². The Bertz CT molecular complexity index is 798. The van der Waals surface area contributed by atoms with E-state index in [0.717, 1.165) is 43.1 Å². The molecule has 5 nitrogen and oxygen atoms in total. The molecule has 0 saturated carbocycles. The van der Waals surface area contributed by atoms with Gasteiger partial charge < -0.3 is 4.90 Å². The van der Waals surface area contributed by atoms with Crippen LogP contribution < -0.4 is 0 Å². The Kier molecular flexibility index (Phi) is 4.57. The van der Waals surface area contributed by atoms with Crippen LogP contribution >= 0.6 is 0 Å². The summed E-state index contributed by atoms with van der Waals surface area (Å²) in [6, 6.07) is 11.1. The van der Waals surface area contributed by atoms with Gasteiger partial charge in [0.15, 0.2) is 0 Å². The second-order valence-electron chi connectivity index (χ2n) is 7.89. The Morgan fingerprint density at radius 1 is 1.12 bits per heavy atom. The summed E-state index contributed by atoms with van der Waals surface area (Å²) in [5, 5.41) is 4.43. The van der Waals surface area contributed by atoms with Crippen molar-refractivity contribution in [3.8, 4) is 0 Å². The molecule has 1 amide bonds. The van der Waals surface area contributed by atoms with Crippen molar-refractivity contribution in [2.45, 2.75) is 39.3 Å². The van der Waals surface area contributed by atoms with Crippen molar-refractivity contribution in [2.75, 3.05) is 19.6 Å². The number of nitrogens with zero attached hydrogens (tertiary/aromatic N) is 4. The molecular formula is C21H28N4O. The van der Waals surface area contributed by atoms with Gasteiger partial charge in [-0.15, -0.1) is 0 Å². The summed E-state index contributed by atoms with van der Waals surface area (Å²) in [6.45, 7) is 7.70. The van der Waals surface area contributed by atoms with E-state index in [-0.39, 0.29) is 5.91 Å². The van der Waals surface area contributed by atoms with Gasteiger partial charge in [-0.1, -0.05) is 30.3 Å². The third-order valence-electron chi connectivity index (χ3n) is 6.07. The molecule has 0 aliphatic carbocycles. The number of hydrogen-bond acceptors (Lipinski definition) is 3. The highest BCUT2D eigenvalue weighted by Gasteiger charge is 2.37. The molecule has 0 radical (unpaired) electrons. The molecule has 3 saturated heterocycles. The van der Waals surface area contributed by atoms with Crippen LogP contribution in [0.4, 0.5) is 0 Å². The fourth-order valence-electron chi connectivity index (χ4n) is 4.60. The van der Waals surface area contributed by atoms with Gasteiger partial charge in [0.1, 0.15) is 0 Å². The minimum atomic E-state index is 0.159. The van der Waals surface area contributed by atoms with Gasteiger partial charge in [0, 0.05) is 45.0 Å². The molecule has 1 aromatic carbocycles. The predicted octanol–water partition coefficient (Wildman–Crippen LogP) is 2.77. The van der Waals surface area contributed by atoms with E-state index in [4.69, 9.17) is 0 Å². The number of rotatable bonds is 3. The first-order valence-electron chi connectivity index (χ1n) is 9.60. The van der Waals surface area contributed by atoms with Crippen molar-refractivity contribution >= 4 is 5.91 Å². The van der Waals surface area contributed by atoms with Crippen LogP contribution in [0.2, 0.25) is 0 Å². The second-order valence-corrected chi connectivity index (χ2v) is 7.89. The smallest absolute Gasteiger partial charge is 0.257 e. The molecule has 0 unspecified atom stereocenters. The molecule has 3 fully saturated rings. The largest absolute Gasteiger partial charge is 0.337 e. The molecule has 0 N–H and O–H groups in total. The molecule has 2 bridgehead atoms. The summed E-state index contributed by atoms with van der Waals surface area (Å²) >= 11 is 0. The number of carbonyl (C=O) groups excluding carboxylic acids is 1. The van der Waals surface area contributed by atoms with Gasteiger partial charge in [0.05, 0.1) is 11.3 Å². The molecule has 26 heavy (non-hydrogen) atoms. The Labute approximate surface area is 155 Å². The van der Waals surface area contributed by atoms with Crippen LogP contribution in [0.5, 0.6) is 0 Å². The number of piperidine rings is 1. The van der Waals surface area contributed by atoms with E-state index >= 15 is 0 Å². The fourth-order valence-corrected chi connectivity index (χ4v) is 4.60. The lowest BCUT2D eigenvalue weighted by Crippen LogP contribution is -2.44. The van der Waals surface area contributed by atoms with Crippen molar-refractivity contribution in [3.05, 3.63) is 52.8 Å². The summed E-state index contributed by atoms with van der Waals surface area (Å²) in [6.07, 6.45) is 2.41. The van der Waals surface area contributed by atoms with Crippen molar-refractivity contribution in [2.24, 2.45) is 13.0 Å². The van der Waals surface area contributed by atoms with Crippen LogP contribution in [-0.2, 0) is 13.6 Å². The highest BCUT2D eigenvalue weighted by atomic mass is 16.2. The van der Waals surface area contributed by atoms with Gasteiger partial charge in [-0.25, -0.2) is 0 Å². The second kappa shape index (κ2) is 6.88. The molecule has 1 aromatic heterocycles. The maximum Gasteiger partial charge on any atom is 0.257 e. The SMILES string of the molecule is Cc1nn(C)c(C)c1C(=O)N1C[C@H]2CC[C@@H](C1)N(Cc1ccccc1)C2. The fraction of sp³-hybridized carbons (Fsp3) is 0.524. The molecule has 0 spiro atoms. The maximum absolute atomic E-state index is 13.2. The number of benzene rings is 1. The molecule has 3 aliphatic rings. The van der Waals surface area contributed by atoms with Crippen LogP contribution in [0, 0.1) is 19.8 Å². The van der Waals surface area contributed by atoms with Crippen LogP contribution in [0.15, 0.2) is 30.3 Å². The molecule has 4 heterocycles. The zero-order chi connectivity index (χ0) is 18.3. The minimum absolute atomic E-state index is 0.159. The lowest BCUT2D eigenvalue weighted by atomic mass is 9.94. The van der Waals surface area contributed by atoms with Crippen molar-refractivity contribution in [1.29, 1.82) is 0 Å². The Morgan fingerprint density at radius 3 is 2.58 bits per heavy atom. The van der Waals surface area contributed by atoms with Gasteiger partial charge >= 0.3 is 0 Å². The highest BCUT2D eigenvalue weighted by molar-refractivity contribution is 5.96. The minimum Gasteiger partial charge on any atom is -0.337 e. The summed E-state index contributed by atoms with van der Waals surface area (Å²) in [4.78, 5) is 17.9. The zero-order valence-corrected chi connectivity index (χ0v) is 16.0. The monoisotopic (exact) mass is 352 g/mol. The lowest BCUT2D eigenvalue weighted by Gasteiger charge is -2.36. The predicted molar refractivity (Wildman–Crippen MR) is 102 cm³/mol. The summed E-state index contributed by atoms with van der Waals surface area (Å²) < 4.78 is 1.82. The Hall–Kier alpha value is -2.14. The Morgan fingerprint density at radius 2 is 1.88 bits per heavy atom. The summed E-state index contributed by atoms with van der Waals surface area (Å²) in [7, 11) is 1.91. The molecule has 2 atom stereocenters. The first-order chi connectivity index (χ1) is 12.5. The van der Waals surface area contributed by atoms with E-state index in [2.05, 4.69) is 45.2 Å². The normalized spacial score (nSPS) is 23.3. The molecular weight excluding hydrogens is 324 g/mol. The van der Waals surface area contributed by atoms with Crippen molar-refractivity contribution < 1.29 is 4.79 Å². The van der Waals surface area contributed by atoms with E-state index in [9.17, 15) is 4.79 Å². The van der Waals surface area contributed by atoms with Crippen LogP contribution in [0.1, 0.15) is 40.2 Å². The third kappa shape index (κ3) is 3.16. The lowest BCUT2D eigenvalue weighted by molar-refractivity contribution is 0.0734. The number of fused-ring (bicyclic) bond motifs is 4. The van der Waals surface area contributed by atoms with Gasteiger partial charge in [0.2, 0.25) is 0 Å². The van der Waals surface area contributed by atoms with Gasteiger partial charge in [-0.05, 0) is 38.2 Å². The topological polar surface area (TPSA) is 41.4 Å². The standard InChI is InChI=1S/C21H28N4O/c1-15-20(16(2)23(3)22-15)21(26)25-13-18-9-10-19(14-25)24(12-18)11-17-7-5-4-6-8-17/h4-8,18-19H,9-14H2,1-3H3/t18-,19-/m0/s1. The Balaban J connectivity index is 1.53. The van der Waals surface area contributed by atoms with Crippen molar-refractivity contribution in [1.82, 2.24) is 19.6 Å². The van der Waals surface area contributed by atoms with E-state index in [1.807, 2.05) is 25.6 Å². The summed E-state index contributed by atoms with van der Waals surface area (Å²) in [5.41, 5.74) is 3.96. The molecule has 138 valence electrons. The average molecular weight is 352 g/mol. The quantitative estimate of drug-likeness (QED) is 0.853. The number of hydrogen-bond donors (Lipinski definition) is 0. The highest BCUT2D eigenvalue weighted by Crippen LogP contribution is 2.30. The number of carbonyl (C=O) groups is 1. The number of aryl methyl sites for hydroxylation is 2. The maximum atomic E-state index is 13.2. The van der Waals surface area contributed by atoms with Crippen LogP contribution in [-0.4, -0.2) is 51.2 Å². The van der Waals surface area contributed by atoms with E-state index in [0.29, 0.717) is 12.0 Å². The molecule has 3 aliphatic heterocycles. The first-order valence-corrected chi connectivity index (χ1v) is 9.60. The van der Waals surface area contributed by atoms with Gasteiger partial charge in [0.25, 0.3) is 5.91 Å². The average Bonchev–Trinajstić information content (AvgIpc) is 2.81. The van der Waals surface area contributed by atoms with Crippen LogP contribution in [0.25, 0.3) is 0 Å². The molecule has 2 aromatic rings. The van der Waals surface area contributed by atoms with E-state index < -0.39 is 0 Å².